The number of halogens is 1. The lowest BCUT2D eigenvalue weighted by Crippen LogP contribution is -2.41. The molecule has 1 heterocycles. The van der Waals surface area contributed by atoms with Crippen LogP contribution in [-0.2, 0) is 6.42 Å². The van der Waals surface area contributed by atoms with E-state index in [0.29, 0.717) is 35.7 Å². The van der Waals surface area contributed by atoms with Crippen LogP contribution >= 0.6 is 11.6 Å². The van der Waals surface area contributed by atoms with E-state index >= 15 is 0 Å². The molecular formula is C24H24ClN3O2. The van der Waals surface area contributed by atoms with Crippen LogP contribution in [0.1, 0.15) is 32.8 Å². The molecule has 0 aliphatic carbocycles. The van der Waals surface area contributed by atoms with E-state index in [1.165, 1.54) is 0 Å². The Labute approximate surface area is 181 Å². The molecule has 2 amide bonds. The fourth-order valence-electron chi connectivity index (χ4n) is 3.22. The third-order valence-electron chi connectivity index (χ3n) is 4.93. The molecule has 2 aromatic carbocycles. The third kappa shape index (κ3) is 5.91. The van der Waals surface area contributed by atoms with Crippen molar-refractivity contribution in [2.75, 3.05) is 13.6 Å². The molecule has 3 aromatic rings. The van der Waals surface area contributed by atoms with E-state index in [2.05, 4.69) is 10.3 Å². The maximum absolute atomic E-state index is 13.0. The van der Waals surface area contributed by atoms with Gasteiger partial charge in [0.05, 0.1) is 0 Å². The van der Waals surface area contributed by atoms with E-state index in [-0.39, 0.29) is 17.9 Å². The van der Waals surface area contributed by atoms with Crippen molar-refractivity contribution in [1.29, 1.82) is 0 Å². The third-order valence-corrected chi connectivity index (χ3v) is 5.19. The lowest BCUT2D eigenvalue weighted by Gasteiger charge is -2.29. The Bertz CT molecular complexity index is 963. The van der Waals surface area contributed by atoms with E-state index in [1.807, 2.05) is 42.5 Å². The van der Waals surface area contributed by atoms with Crippen molar-refractivity contribution in [3.8, 4) is 0 Å². The quantitative estimate of drug-likeness (QED) is 0.591. The number of likely N-dealkylation sites (N-methyl/N-ethyl adjacent to an activating group) is 1. The zero-order chi connectivity index (χ0) is 21.3. The Kier molecular flexibility index (Phi) is 7.57. The number of benzene rings is 2. The molecular weight excluding hydrogens is 398 g/mol. The molecule has 1 atom stereocenters. The summed E-state index contributed by atoms with van der Waals surface area (Å²) in [6, 6.07) is 21.9. The summed E-state index contributed by atoms with van der Waals surface area (Å²) in [5, 5.41) is 3.57. The van der Waals surface area contributed by atoms with Gasteiger partial charge in [0.1, 0.15) is 5.69 Å². The first kappa shape index (κ1) is 21.5. The number of carbonyl (C=O) groups excluding carboxylic acids is 2. The molecule has 1 unspecified atom stereocenters. The van der Waals surface area contributed by atoms with Gasteiger partial charge in [0.2, 0.25) is 0 Å². The Morgan fingerprint density at radius 1 is 1.00 bits per heavy atom. The molecule has 154 valence electrons. The lowest BCUT2D eigenvalue weighted by atomic mass is 10.0. The molecule has 0 bridgehead atoms. The van der Waals surface area contributed by atoms with Crippen LogP contribution in [0.25, 0.3) is 0 Å². The van der Waals surface area contributed by atoms with Crippen molar-refractivity contribution in [3.05, 3.63) is 101 Å². The molecule has 0 aliphatic heterocycles. The summed E-state index contributed by atoms with van der Waals surface area (Å²) in [7, 11) is 1.80. The summed E-state index contributed by atoms with van der Waals surface area (Å²) in [5.74, 6) is -0.275. The van der Waals surface area contributed by atoms with Gasteiger partial charge in [-0.2, -0.15) is 0 Å². The first-order valence-electron chi connectivity index (χ1n) is 9.80. The predicted molar refractivity (Wildman–Crippen MR) is 119 cm³/mol. The van der Waals surface area contributed by atoms with Crippen LogP contribution in [0.15, 0.2) is 79.0 Å². The van der Waals surface area contributed by atoms with E-state index in [0.717, 1.165) is 5.56 Å². The number of hydrogen-bond acceptors (Lipinski definition) is 3. The minimum absolute atomic E-state index is 0.0504. The number of amides is 2. The van der Waals surface area contributed by atoms with E-state index in [4.69, 9.17) is 11.6 Å². The largest absolute Gasteiger partial charge is 0.351 e. The molecule has 0 aliphatic rings. The topological polar surface area (TPSA) is 62.3 Å². The van der Waals surface area contributed by atoms with Crippen LogP contribution in [0.3, 0.4) is 0 Å². The van der Waals surface area contributed by atoms with Crippen molar-refractivity contribution >= 4 is 23.4 Å². The van der Waals surface area contributed by atoms with Gasteiger partial charge in [-0.25, -0.2) is 0 Å². The minimum Gasteiger partial charge on any atom is -0.351 e. The highest BCUT2D eigenvalue weighted by molar-refractivity contribution is 6.30. The average molecular weight is 422 g/mol. The first-order chi connectivity index (χ1) is 14.5. The smallest absolute Gasteiger partial charge is 0.269 e. The van der Waals surface area contributed by atoms with Crippen molar-refractivity contribution < 1.29 is 9.59 Å². The van der Waals surface area contributed by atoms with Gasteiger partial charge < -0.3 is 10.2 Å². The number of rotatable bonds is 8. The van der Waals surface area contributed by atoms with Crippen LogP contribution in [0.4, 0.5) is 0 Å². The highest BCUT2D eigenvalue weighted by atomic mass is 35.5. The normalized spacial score (nSPS) is 11.5. The van der Waals surface area contributed by atoms with Crippen molar-refractivity contribution in [2.24, 2.45) is 0 Å². The second kappa shape index (κ2) is 10.6. The molecule has 30 heavy (non-hydrogen) atoms. The van der Waals surface area contributed by atoms with Crippen LogP contribution in [-0.4, -0.2) is 41.3 Å². The minimum atomic E-state index is -0.224. The summed E-state index contributed by atoms with van der Waals surface area (Å²) in [5.41, 5.74) is 2.09. The van der Waals surface area contributed by atoms with Crippen LogP contribution < -0.4 is 5.32 Å². The average Bonchev–Trinajstić information content (AvgIpc) is 2.80. The molecule has 6 heteroatoms. The monoisotopic (exact) mass is 421 g/mol. The number of nitrogens with zero attached hydrogens (tertiary/aromatic N) is 2. The summed E-state index contributed by atoms with van der Waals surface area (Å²) in [4.78, 5) is 31.0. The summed E-state index contributed by atoms with van der Waals surface area (Å²) < 4.78 is 0. The molecule has 0 fully saturated rings. The second-order valence-electron chi connectivity index (χ2n) is 7.03. The van der Waals surface area contributed by atoms with Gasteiger partial charge in [-0.15, -0.1) is 0 Å². The molecule has 0 saturated heterocycles. The fourth-order valence-corrected chi connectivity index (χ4v) is 3.34. The Morgan fingerprint density at radius 2 is 1.70 bits per heavy atom. The Morgan fingerprint density at radius 3 is 2.37 bits per heavy atom. The van der Waals surface area contributed by atoms with Gasteiger partial charge in [0.25, 0.3) is 11.8 Å². The van der Waals surface area contributed by atoms with E-state index in [1.54, 1.807) is 48.5 Å². The van der Waals surface area contributed by atoms with Crippen molar-refractivity contribution in [2.45, 2.75) is 18.9 Å². The second-order valence-corrected chi connectivity index (χ2v) is 7.46. The number of hydrogen-bond donors (Lipinski definition) is 1. The van der Waals surface area contributed by atoms with Gasteiger partial charge in [-0.1, -0.05) is 48.0 Å². The van der Waals surface area contributed by atoms with E-state index in [9.17, 15) is 9.59 Å². The highest BCUT2D eigenvalue weighted by Crippen LogP contribution is 2.16. The fraction of sp³-hybridized carbons (Fsp3) is 0.208. The molecule has 1 aromatic heterocycles. The number of nitrogens with one attached hydrogen (secondary N) is 1. The molecule has 0 radical (unpaired) electrons. The van der Waals surface area contributed by atoms with Gasteiger partial charge in [-0.3, -0.25) is 14.6 Å². The van der Waals surface area contributed by atoms with Gasteiger partial charge >= 0.3 is 0 Å². The summed E-state index contributed by atoms with van der Waals surface area (Å²) in [6.45, 7) is 0.431. The summed E-state index contributed by atoms with van der Waals surface area (Å²) in [6.07, 6.45) is 2.85. The molecule has 3 rings (SSSR count). The van der Waals surface area contributed by atoms with Crippen LogP contribution in [0.5, 0.6) is 0 Å². The molecule has 5 nitrogen and oxygen atoms in total. The van der Waals surface area contributed by atoms with Gasteiger partial charge in [0.15, 0.2) is 0 Å². The van der Waals surface area contributed by atoms with Crippen molar-refractivity contribution in [1.82, 2.24) is 15.2 Å². The standard InChI is InChI=1S/C24H24ClN3O2/c1-28(24(30)19-7-3-2-4-8-19)21(17-18-10-12-20(25)13-11-18)14-16-27-23(29)22-9-5-6-15-26-22/h2-13,15,21H,14,16-17H2,1H3,(H,27,29). The van der Waals surface area contributed by atoms with Gasteiger partial charge in [0, 0.05) is 36.4 Å². The first-order valence-corrected chi connectivity index (χ1v) is 10.2. The number of pyridine rings is 1. The maximum atomic E-state index is 13.0. The SMILES string of the molecule is CN(C(=O)c1ccccc1)C(CCNC(=O)c1ccccn1)Cc1ccc(Cl)cc1. The van der Waals surface area contributed by atoms with E-state index < -0.39 is 0 Å². The lowest BCUT2D eigenvalue weighted by molar-refractivity contribution is 0.0723. The highest BCUT2D eigenvalue weighted by Gasteiger charge is 2.22. The maximum Gasteiger partial charge on any atom is 0.269 e. The predicted octanol–water partition coefficient (Wildman–Crippen LogP) is 4.24. The zero-order valence-electron chi connectivity index (χ0n) is 16.8. The Hall–Kier alpha value is -3.18. The van der Waals surface area contributed by atoms with Crippen LogP contribution in [0, 0.1) is 0 Å². The number of aromatic nitrogens is 1. The number of carbonyl (C=O) groups is 2. The molecule has 1 N–H and O–H groups in total. The van der Waals surface area contributed by atoms with Crippen molar-refractivity contribution in [3.63, 3.8) is 0 Å². The Balaban J connectivity index is 1.69. The van der Waals surface area contributed by atoms with Crippen LogP contribution in [0.2, 0.25) is 5.02 Å². The molecule has 0 saturated carbocycles. The zero-order valence-corrected chi connectivity index (χ0v) is 17.5. The van der Waals surface area contributed by atoms with Gasteiger partial charge in [-0.05, 0) is 54.8 Å². The summed E-state index contributed by atoms with van der Waals surface area (Å²) >= 11 is 6.00. The molecule has 0 spiro atoms.